The molecule has 0 unspecified atom stereocenters. The number of likely N-dealkylation sites (tertiary alicyclic amines) is 1. The number of aromatic nitrogens is 2. The topological polar surface area (TPSA) is 46.1 Å². The van der Waals surface area contributed by atoms with Crippen molar-refractivity contribution < 1.29 is 4.79 Å². The third-order valence-corrected chi connectivity index (χ3v) is 5.08. The van der Waals surface area contributed by atoms with E-state index in [1.807, 2.05) is 11.8 Å². The molecule has 3 rings (SSSR count). The van der Waals surface area contributed by atoms with Gasteiger partial charge in [0.05, 0.1) is 11.3 Å². The zero-order valence-corrected chi connectivity index (χ0v) is 15.6. The van der Waals surface area contributed by atoms with Crippen LogP contribution in [0.4, 0.5) is 0 Å². The van der Waals surface area contributed by atoms with Crippen molar-refractivity contribution in [3.63, 3.8) is 0 Å². The molecule has 4 nitrogen and oxygen atoms in total. The third-order valence-electron chi connectivity index (χ3n) is 5.08. The van der Waals surface area contributed by atoms with Gasteiger partial charge in [0.25, 0.3) is 5.91 Å². The van der Waals surface area contributed by atoms with Crippen molar-refractivity contribution in [1.29, 1.82) is 0 Å². The summed E-state index contributed by atoms with van der Waals surface area (Å²) in [5, 5.41) is 0. The summed E-state index contributed by atoms with van der Waals surface area (Å²) in [6.07, 6.45) is 3.88. The van der Waals surface area contributed by atoms with Crippen molar-refractivity contribution in [3.05, 3.63) is 58.7 Å². The Balaban J connectivity index is 1.80. The molecule has 1 atom stereocenters. The lowest BCUT2D eigenvalue weighted by Gasteiger charge is -2.34. The Morgan fingerprint density at radius 1 is 1.24 bits per heavy atom. The Morgan fingerprint density at radius 3 is 2.68 bits per heavy atom. The Bertz CT molecular complexity index is 769. The number of carbonyl (C=O) groups is 1. The highest BCUT2D eigenvalue weighted by molar-refractivity contribution is 5.95. The summed E-state index contributed by atoms with van der Waals surface area (Å²) in [5.74, 6) is 1.54. The fourth-order valence-corrected chi connectivity index (χ4v) is 3.60. The highest BCUT2D eigenvalue weighted by atomic mass is 16.2. The number of hydrogen-bond donors (Lipinski definition) is 0. The molecule has 1 amide bonds. The number of aryl methyl sites for hydroxylation is 2. The Labute approximate surface area is 150 Å². The van der Waals surface area contributed by atoms with Gasteiger partial charge in [-0.25, -0.2) is 9.97 Å². The molecule has 0 radical (unpaired) electrons. The van der Waals surface area contributed by atoms with Crippen LogP contribution in [0.25, 0.3) is 0 Å². The predicted octanol–water partition coefficient (Wildman–Crippen LogP) is 4.24. The highest BCUT2D eigenvalue weighted by Gasteiger charge is 2.27. The average Bonchev–Trinajstić information content (AvgIpc) is 2.61. The Hall–Kier alpha value is -2.23. The van der Waals surface area contributed by atoms with E-state index >= 15 is 0 Å². The first-order valence-electron chi connectivity index (χ1n) is 9.15. The number of hydrogen-bond acceptors (Lipinski definition) is 3. The van der Waals surface area contributed by atoms with E-state index < -0.39 is 0 Å². The van der Waals surface area contributed by atoms with E-state index in [2.05, 4.69) is 55.0 Å². The Kier molecular flexibility index (Phi) is 5.16. The number of nitrogens with zero attached hydrogens (tertiary/aromatic N) is 3. The van der Waals surface area contributed by atoms with Crippen LogP contribution in [-0.2, 0) is 0 Å². The van der Waals surface area contributed by atoms with Crippen LogP contribution < -0.4 is 0 Å². The number of amides is 1. The molecule has 1 fully saturated rings. The summed E-state index contributed by atoms with van der Waals surface area (Å²) in [5.41, 5.74) is 4.09. The molecule has 0 aliphatic carbocycles. The first-order valence-corrected chi connectivity index (χ1v) is 9.15. The lowest BCUT2D eigenvalue weighted by Crippen LogP contribution is -2.39. The molecule has 1 aliphatic heterocycles. The second-order valence-electron chi connectivity index (χ2n) is 7.33. The van der Waals surface area contributed by atoms with Gasteiger partial charge in [0.15, 0.2) is 0 Å². The van der Waals surface area contributed by atoms with Crippen molar-refractivity contribution in [1.82, 2.24) is 14.9 Å². The normalized spacial score (nSPS) is 17.8. The van der Waals surface area contributed by atoms with E-state index in [4.69, 9.17) is 0 Å². The standard InChI is InChI=1S/C21H27N3O/c1-14(2)20-22-12-19(16(4)23-20)21(25)24-11-7-9-17(13-24)18-10-6-5-8-15(18)3/h5-6,8,10,12,14,17H,7,9,11,13H2,1-4H3/t17-/m1/s1. The second kappa shape index (κ2) is 7.34. The number of piperidine rings is 1. The molecule has 132 valence electrons. The van der Waals surface area contributed by atoms with Crippen LogP contribution in [0, 0.1) is 13.8 Å². The summed E-state index contributed by atoms with van der Waals surface area (Å²) in [6.45, 7) is 9.77. The van der Waals surface area contributed by atoms with Crippen LogP contribution >= 0.6 is 0 Å². The third kappa shape index (κ3) is 3.73. The monoisotopic (exact) mass is 337 g/mol. The van der Waals surface area contributed by atoms with Crippen LogP contribution in [0.1, 0.15) is 71.5 Å². The minimum absolute atomic E-state index is 0.0612. The quantitative estimate of drug-likeness (QED) is 0.842. The molecular weight excluding hydrogens is 310 g/mol. The zero-order chi connectivity index (χ0) is 18.0. The van der Waals surface area contributed by atoms with Crippen LogP contribution in [0.15, 0.2) is 30.5 Å². The molecule has 0 spiro atoms. The largest absolute Gasteiger partial charge is 0.338 e. The maximum absolute atomic E-state index is 13.0. The summed E-state index contributed by atoms with van der Waals surface area (Å²) in [7, 11) is 0. The van der Waals surface area contributed by atoms with Gasteiger partial charge in [0.2, 0.25) is 0 Å². The van der Waals surface area contributed by atoms with Crippen LogP contribution in [-0.4, -0.2) is 33.9 Å². The molecule has 4 heteroatoms. The van der Waals surface area contributed by atoms with E-state index in [-0.39, 0.29) is 11.8 Å². The number of benzene rings is 1. The fourth-order valence-electron chi connectivity index (χ4n) is 3.60. The molecular formula is C21H27N3O. The highest BCUT2D eigenvalue weighted by Crippen LogP contribution is 2.30. The molecule has 2 heterocycles. The van der Waals surface area contributed by atoms with Crippen LogP contribution in [0.5, 0.6) is 0 Å². The molecule has 0 saturated carbocycles. The van der Waals surface area contributed by atoms with Crippen molar-refractivity contribution >= 4 is 5.91 Å². The van der Waals surface area contributed by atoms with Gasteiger partial charge in [0.1, 0.15) is 5.82 Å². The van der Waals surface area contributed by atoms with Gasteiger partial charge in [0, 0.05) is 31.1 Å². The molecule has 25 heavy (non-hydrogen) atoms. The summed E-state index contributed by atoms with van der Waals surface area (Å²) >= 11 is 0. The van der Waals surface area contributed by atoms with E-state index in [1.54, 1.807) is 6.20 Å². The van der Waals surface area contributed by atoms with Gasteiger partial charge >= 0.3 is 0 Å². The Morgan fingerprint density at radius 2 is 2.00 bits per heavy atom. The van der Waals surface area contributed by atoms with Crippen molar-refractivity contribution in [2.75, 3.05) is 13.1 Å². The molecule has 0 N–H and O–H groups in total. The summed E-state index contributed by atoms with van der Waals surface area (Å²) < 4.78 is 0. The lowest BCUT2D eigenvalue weighted by molar-refractivity contribution is 0.0705. The van der Waals surface area contributed by atoms with Gasteiger partial charge < -0.3 is 4.90 Å². The predicted molar refractivity (Wildman–Crippen MR) is 99.9 cm³/mol. The second-order valence-corrected chi connectivity index (χ2v) is 7.33. The molecule has 2 aromatic rings. The van der Waals surface area contributed by atoms with Gasteiger partial charge in [-0.05, 0) is 37.8 Å². The van der Waals surface area contributed by atoms with Gasteiger partial charge in [-0.2, -0.15) is 0 Å². The average molecular weight is 337 g/mol. The maximum atomic E-state index is 13.0. The maximum Gasteiger partial charge on any atom is 0.257 e. The van der Waals surface area contributed by atoms with Gasteiger partial charge in [-0.3, -0.25) is 4.79 Å². The minimum atomic E-state index is 0.0612. The van der Waals surface area contributed by atoms with Gasteiger partial charge in [-0.1, -0.05) is 38.1 Å². The summed E-state index contributed by atoms with van der Waals surface area (Å²) in [6, 6.07) is 8.51. The van der Waals surface area contributed by atoms with Gasteiger partial charge in [-0.15, -0.1) is 0 Å². The SMILES string of the molecule is Cc1ccccc1[C@@H]1CCCN(C(=O)c2cnc(C(C)C)nc2C)C1. The minimum Gasteiger partial charge on any atom is -0.338 e. The zero-order valence-electron chi connectivity index (χ0n) is 15.6. The molecule has 1 aromatic carbocycles. The lowest BCUT2D eigenvalue weighted by atomic mass is 9.88. The van der Waals surface area contributed by atoms with Crippen molar-refractivity contribution in [2.24, 2.45) is 0 Å². The smallest absolute Gasteiger partial charge is 0.257 e. The van der Waals surface area contributed by atoms with E-state index in [0.717, 1.165) is 37.4 Å². The van der Waals surface area contributed by atoms with Crippen molar-refractivity contribution in [2.45, 2.75) is 52.4 Å². The molecule has 1 aromatic heterocycles. The molecule has 1 aliphatic rings. The first-order chi connectivity index (χ1) is 12.0. The van der Waals surface area contributed by atoms with Crippen molar-refractivity contribution in [3.8, 4) is 0 Å². The fraction of sp³-hybridized carbons (Fsp3) is 0.476. The van der Waals surface area contributed by atoms with E-state index in [9.17, 15) is 4.79 Å². The number of rotatable bonds is 3. The first kappa shape index (κ1) is 17.6. The number of carbonyl (C=O) groups excluding carboxylic acids is 1. The molecule has 0 bridgehead atoms. The van der Waals surface area contributed by atoms with Crippen LogP contribution in [0.3, 0.4) is 0 Å². The molecule has 1 saturated heterocycles. The summed E-state index contributed by atoms with van der Waals surface area (Å²) in [4.78, 5) is 23.9. The van der Waals surface area contributed by atoms with E-state index in [1.165, 1.54) is 11.1 Å². The van der Waals surface area contributed by atoms with Crippen LogP contribution in [0.2, 0.25) is 0 Å². The van der Waals surface area contributed by atoms with E-state index in [0.29, 0.717) is 11.5 Å².